The fourth-order valence-electron chi connectivity index (χ4n) is 2.68. The van der Waals surface area contributed by atoms with Crippen LogP contribution >= 0.6 is 11.3 Å². The van der Waals surface area contributed by atoms with Gasteiger partial charge in [-0.15, -0.1) is 10.2 Å². The highest BCUT2D eigenvalue weighted by Crippen LogP contribution is 2.32. The fourth-order valence-corrected chi connectivity index (χ4v) is 3.41. The number of rotatable bonds is 3. The molecule has 0 saturated carbocycles. The average molecular weight is 273 g/mol. The molecule has 0 bridgehead atoms. The average Bonchev–Trinajstić information content (AvgIpc) is 2.80. The van der Waals surface area contributed by atoms with E-state index in [0.717, 1.165) is 16.6 Å². The van der Waals surface area contributed by atoms with Gasteiger partial charge in [-0.25, -0.2) is 0 Å². The monoisotopic (exact) mass is 273 g/mol. The van der Waals surface area contributed by atoms with Crippen molar-refractivity contribution < 1.29 is 0 Å². The Balaban J connectivity index is 1.83. The summed E-state index contributed by atoms with van der Waals surface area (Å²) in [6.07, 6.45) is 5.89. The van der Waals surface area contributed by atoms with Crippen LogP contribution in [0.25, 0.3) is 0 Å². The summed E-state index contributed by atoms with van der Waals surface area (Å²) >= 11 is 1.67. The molecule has 1 N–H and O–H groups in total. The van der Waals surface area contributed by atoms with Crippen molar-refractivity contribution in [1.82, 2.24) is 10.2 Å². The maximum absolute atomic E-state index is 4.24. The van der Waals surface area contributed by atoms with Crippen LogP contribution in [0.5, 0.6) is 0 Å². The van der Waals surface area contributed by atoms with Gasteiger partial charge >= 0.3 is 0 Å². The second-order valence-electron chi connectivity index (χ2n) is 5.00. The van der Waals surface area contributed by atoms with E-state index in [4.69, 9.17) is 0 Å². The molecule has 0 aliphatic heterocycles. The lowest BCUT2D eigenvalue weighted by atomic mass is 9.99. The van der Waals surface area contributed by atoms with Gasteiger partial charge in [0.05, 0.1) is 6.04 Å². The van der Waals surface area contributed by atoms with Crippen LogP contribution in [0.2, 0.25) is 0 Å². The number of anilines is 1. The molecule has 19 heavy (non-hydrogen) atoms. The molecule has 3 nitrogen and oxygen atoms in total. The van der Waals surface area contributed by atoms with E-state index in [1.54, 1.807) is 11.3 Å². The first kappa shape index (κ1) is 12.6. The summed E-state index contributed by atoms with van der Waals surface area (Å²) in [5.41, 5.74) is 2.92. The summed E-state index contributed by atoms with van der Waals surface area (Å²) in [5.74, 6) is 0. The molecule has 1 unspecified atom stereocenters. The van der Waals surface area contributed by atoms with Gasteiger partial charge in [-0.3, -0.25) is 0 Å². The van der Waals surface area contributed by atoms with E-state index in [9.17, 15) is 0 Å². The Hall–Kier alpha value is -1.42. The molecule has 3 rings (SSSR count). The molecular weight excluding hydrogens is 254 g/mol. The van der Waals surface area contributed by atoms with E-state index in [2.05, 4.69) is 46.7 Å². The van der Waals surface area contributed by atoms with Crippen molar-refractivity contribution in [2.45, 2.75) is 45.1 Å². The molecule has 1 aromatic carbocycles. The summed E-state index contributed by atoms with van der Waals surface area (Å²) in [6.45, 7) is 2.12. The van der Waals surface area contributed by atoms with Gasteiger partial charge < -0.3 is 5.32 Å². The Morgan fingerprint density at radius 2 is 2.16 bits per heavy atom. The topological polar surface area (TPSA) is 37.8 Å². The SMILES string of the molecule is CCc1nnc(NC2CCCCc3ccccc32)s1. The van der Waals surface area contributed by atoms with Gasteiger partial charge in [0.1, 0.15) is 5.01 Å². The zero-order chi connectivity index (χ0) is 13.1. The Labute approximate surface area is 118 Å². The lowest BCUT2D eigenvalue weighted by Gasteiger charge is -2.18. The molecule has 0 radical (unpaired) electrons. The largest absolute Gasteiger partial charge is 0.353 e. The van der Waals surface area contributed by atoms with Crippen LogP contribution in [0.4, 0.5) is 5.13 Å². The normalized spacial score (nSPS) is 18.7. The minimum Gasteiger partial charge on any atom is -0.353 e. The third-order valence-electron chi connectivity index (χ3n) is 3.69. The van der Waals surface area contributed by atoms with Crippen LogP contribution in [-0.2, 0) is 12.8 Å². The second-order valence-corrected chi connectivity index (χ2v) is 6.06. The Bertz CT molecular complexity index is 550. The number of fused-ring (bicyclic) bond motifs is 1. The molecule has 100 valence electrons. The van der Waals surface area contributed by atoms with Gasteiger partial charge in [0.2, 0.25) is 5.13 Å². The molecule has 1 aliphatic carbocycles. The third-order valence-corrected chi connectivity index (χ3v) is 4.69. The van der Waals surface area contributed by atoms with Crippen molar-refractivity contribution in [3.8, 4) is 0 Å². The fraction of sp³-hybridized carbons (Fsp3) is 0.467. The first-order valence-electron chi connectivity index (χ1n) is 7.03. The quantitative estimate of drug-likeness (QED) is 0.860. The number of nitrogens with zero attached hydrogens (tertiary/aromatic N) is 2. The van der Waals surface area contributed by atoms with Crippen LogP contribution in [0.1, 0.15) is 48.4 Å². The molecule has 1 atom stereocenters. The highest BCUT2D eigenvalue weighted by molar-refractivity contribution is 7.15. The molecule has 1 heterocycles. The number of nitrogens with one attached hydrogen (secondary N) is 1. The van der Waals surface area contributed by atoms with Crippen molar-refractivity contribution in [1.29, 1.82) is 0 Å². The maximum atomic E-state index is 4.24. The third kappa shape index (κ3) is 2.78. The van der Waals surface area contributed by atoms with E-state index >= 15 is 0 Å². The summed E-state index contributed by atoms with van der Waals surface area (Å²) in [4.78, 5) is 0. The van der Waals surface area contributed by atoms with E-state index in [1.807, 2.05) is 0 Å². The Kier molecular flexibility index (Phi) is 3.78. The van der Waals surface area contributed by atoms with E-state index in [1.165, 1.54) is 36.8 Å². The van der Waals surface area contributed by atoms with E-state index in [0.29, 0.717) is 6.04 Å². The van der Waals surface area contributed by atoms with Crippen LogP contribution in [0, 0.1) is 0 Å². The molecule has 0 amide bonds. The number of hydrogen-bond acceptors (Lipinski definition) is 4. The number of benzene rings is 1. The van der Waals surface area contributed by atoms with Gasteiger partial charge in [-0.05, 0) is 36.8 Å². The van der Waals surface area contributed by atoms with Crippen molar-refractivity contribution in [2.75, 3.05) is 5.32 Å². The summed E-state index contributed by atoms with van der Waals surface area (Å²) < 4.78 is 0. The van der Waals surface area contributed by atoms with Crippen LogP contribution in [-0.4, -0.2) is 10.2 Å². The lowest BCUT2D eigenvalue weighted by molar-refractivity contribution is 0.643. The Morgan fingerprint density at radius 3 is 3.00 bits per heavy atom. The highest BCUT2D eigenvalue weighted by Gasteiger charge is 2.19. The molecule has 2 aromatic rings. The number of aryl methyl sites for hydroxylation is 2. The number of aromatic nitrogens is 2. The van der Waals surface area contributed by atoms with Gasteiger partial charge in [0.25, 0.3) is 0 Å². The van der Waals surface area contributed by atoms with Gasteiger partial charge in [-0.2, -0.15) is 0 Å². The first-order chi connectivity index (χ1) is 9.36. The number of hydrogen-bond donors (Lipinski definition) is 1. The van der Waals surface area contributed by atoms with Crippen molar-refractivity contribution >= 4 is 16.5 Å². The van der Waals surface area contributed by atoms with Crippen LogP contribution in [0.15, 0.2) is 24.3 Å². The molecule has 1 aromatic heterocycles. The molecule has 4 heteroatoms. The van der Waals surface area contributed by atoms with Gasteiger partial charge in [0, 0.05) is 0 Å². The van der Waals surface area contributed by atoms with E-state index < -0.39 is 0 Å². The smallest absolute Gasteiger partial charge is 0.206 e. The predicted molar refractivity (Wildman–Crippen MR) is 79.6 cm³/mol. The second kappa shape index (κ2) is 5.70. The van der Waals surface area contributed by atoms with Gasteiger partial charge in [0.15, 0.2) is 0 Å². The zero-order valence-corrected chi connectivity index (χ0v) is 12.0. The van der Waals surface area contributed by atoms with Crippen LogP contribution < -0.4 is 5.32 Å². The first-order valence-corrected chi connectivity index (χ1v) is 7.85. The lowest BCUT2D eigenvalue weighted by Crippen LogP contribution is -2.11. The maximum Gasteiger partial charge on any atom is 0.206 e. The van der Waals surface area contributed by atoms with Crippen molar-refractivity contribution in [3.05, 3.63) is 40.4 Å². The zero-order valence-electron chi connectivity index (χ0n) is 11.2. The van der Waals surface area contributed by atoms with Crippen molar-refractivity contribution in [3.63, 3.8) is 0 Å². The predicted octanol–water partition coefficient (Wildman–Crippen LogP) is 3.98. The van der Waals surface area contributed by atoms with Crippen LogP contribution in [0.3, 0.4) is 0 Å². The molecule has 1 aliphatic rings. The summed E-state index contributed by atoms with van der Waals surface area (Å²) in [6, 6.07) is 9.17. The standard InChI is InChI=1S/C15H19N3S/c1-2-14-17-18-15(19-14)16-13-10-6-4-8-11-7-3-5-9-12(11)13/h3,5,7,9,13H,2,4,6,8,10H2,1H3,(H,16,18). The van der Waals surface area contributed by atoms with Crippen molar-refractivity contribution in [2.24, 2.45) is 0 Å². The molecule has 0 spiro atoms. The highest BCUT2D eigenvalue weighted by atomic mass is 32.1. The summed E-state index contributed by atoms with van der Waals surface area (Å²) in [5, 5.41) is 14.1. The minimum atomic E-state index is 0.386. The van der Waals surface area contributed by atoms with E-state index in [-0.39, 0.29) is 0 Å². The minimum absolute atomic E-state index is 0.386. The molecule has 0 saturated heterocycles. The summed E-state index contributed by atoms with van der Waals surface area (Å²) in [7, 11) is 0. The van der Waals surface area contributed by atoms with Gasteiger partial charge in [-0.1, -0.05) is 48.9 Å². The molecule has 0 fully saturated rings. The Morgan fingerprint density at radius 1 is 1.26 bits per heavy atom. The molecular formula is C15H19N3S.